The van der Waals surface area contributed by atoms with E-state index in [0.717, 1.165) is 0 Å². The maximum Gasteiger partial charge on any atom is 0.341 e. The van der Waals surface area contributed by atoms with Crippen LogP contribution in [-0.2, 0) is 12.1 Å². The van der Waals surface area contributed by atoms with Gasteiger partial charge in [-0.25, -0.2) is 13.6 Å². The quantitative estimate of drug-likeness (QED) is 0.429. The molecule has 0 aliphatic carbocycles. The molecule has 2 N–H and O–H groups in total. The van der Waals surface area contributed by atoms with E-state index in [2.05, 4.69) is 4.98 Å². The molecule has 2 aromatic carbocycles. The Labute approximate surface area is 198 Å². The van der Waals surface area contributed by atoms with E-state index in [4.69, 9.17) is 0 Å². The van der Waals surface area contributed by atoms with Crippen molar-refractivity contribution < 1.29 is 23.8 Å². The minimum absolute atomic E-state index is 0.179. The highest BCUT2D eigenvalue weighted by Crippen LogP contribution is 2.38. The molecule has 1 fully saturated rings. The molecule has 0 radical (unpaired) electrons. The average Bonchev–Trinajstić information content (AvgIpc) is 2.85. The molecule has 2 aromatic heterocycles. The van der Waals surface area contributed by atoms with E-state index in [1.807, 2.05) is 6.92 Å². The molecule has 0 atom stereocenters. The second-order valence-corrected chi connectivity index (χ2v) is 8.80. The lowest BCUT2D eigenvalue weighted by atomic mass is 9.84. The van der Waals surface area contributed by atoms with Crippen LogP contribution in [0.25, 0.3) is 21.8 Å². The molecule has 35 heavy (non-hydrogen) atoms. The number of hydrogen-bond donors (Lipinski definition) is 2. The predicted octanol–water partition coefficient (Wildman–Crippen LogP) is 4.03. The van der Waals surface area contributed by atoms with Gasteiger partial charge in [0.1, 0.15) is 17.2 Å². The number of aromatic carboxylic acids is 1. The fourth-order valence-electron chi connectivity index (χ4n) is 4.95. The van der Waals surface area contributed by atoms with Gasteiger partial charge in [0.2, 0.25) is 5.43 Å². The summed E-state index contributed by atoms with van der Waals surface area (Å²) in [5, 5.41) is 21.2. The Hall–Kier alpha value is -3.85. The zero-order chi connectivity index (χ0) is 24.9. The van der Waals surface area contributed by atoms with Crippen molar-refractivity contribution >= 4 is 33.5 Å². The fraction of sp³-hybridized carbons (Fsp3) is 0.269. The molecular weight excluding hydrogens is 456 g/mol. The average molecular weight is 479 g/mol. The van der Waals surface area contributed by atoms with Crippen LogP contribution in [0.1, 0.15) is 35.7 Å². The summed E-state index contributed by atoms with van der Waals surface area (Å²) in [4.78, 5) is 31.0. The predicted molar refractivity (Wildman–Crippen MR) is 128 cm³/mol. The van der Waals surface area contributed by atoms with Crippen molar-refractivity contribution in [3.63, 3.8) is 0 Å². The summed E-state index contributed by atoms with van der Waals surface area (Å²) in [5.41, 5.74) is -0.650. The molecule has 1 aliphatic heterocycles. The van der Waals surface area contributed by atoms with Gasteiger partial charge in [0, 0.05) is 31.2 Å². The number of carboxylic acids is 1. The first kappa shape index (κ1) is 22.9. The molecule has 3 heterocycles. The highest BCUT2D eigenvalue weighted by molar-refractivity contribution is 6.09. The number of hydrogen-bond acceptors (Lipinski definition) is 5. The van der Waals surface area contributed by atoms with Crippen molar-refractivity contribution in [1.82, 2.24) is 9.55 Å². The Morgan fingerprint density at radius 3 is 2.43 bits per heavy atom. The van der Waals surface area contributed by atoms with Crippen LogP contribution in [0.4, 0.5) is 14.5 Å². The van der Waals surface area contributed by atoms with E-state index in [0.29, 0.717) is 36.1 Å². The van der Waals surface area contributed by atoms with Crippen LogP contribution in [0, 0.1) is 11.6 Å². The number of aromatic nitrogens is 2. The highest BCUT2D eigenvalue weighted by atomic mass is 19.1. The molecule has 0 spiro atoms. The van der Waals surface area contributed by atoms with Gasteiger partial charge in [0.25, 0.3) is 0 Å². The number of halogens is 2. The van der Waals surface area contributed by atoms with E-state index in [9.17, 15) is 24.2 Å². The molecule has 9 heteroatoms. The molecule has 0 saturated carbocycles. The Bertz CT molecular complexity index is 1520. The Morgan fingerprint density at radius 1 is 1.11 bits per heavy atom. The van der Waals surface area contributed by atoms with E-state index in [-0.39, 0.29) is 40.8 Å². The van der Waals surface area contributed by atoms with E-state index < -0.39 is 22.8 Å². The van der Waals surface area contributed by atoms with Gasteiger partial charge in [0.05, 0.1) is 33.9 Å². The maximum absolute atomic E-state index is 15.2. The number of benzene rings is 2. The van der Waals surface area contributed by atoms with E-state index in [1.165, 1.54) is 36.7 Å². The molecule has 5 rings (SSSR count). The number of rotatable bonds is 4. The first-order valence-corrected chi connectivity index (χ1v) is 11.3. The van der Waals surface area contributed by atoms with Gasteiger partial charge in [-0.3, -0.25) is 9.78 Å². The monoisotopic (exact) mass is 479 g/mol. The molecule has 0 bridgehead atoms. The molecule has 7 nitrogen and oxygen atoms in total. The Kier molecular flexibility index (Phi) is 5.52. The SMILES string of the molecule is CCn1cc(C(=O)O)c(=O)c2c3ccc(F)c(N4CCC(O)(c5ccc(F)cc5)CC4)c3ncc21. The van der Waals surface area contributed by atoms with Crippen LogP contribution in [-0.4, -0.2) is 38.8 Å². The Morgan fingerprint density at radius 2 is 1.80 bits per heavy atom. The molecule has 4 aromatic rings. The minimum atomic E-state index is -1.33. The summed E-state index contributed by atoms with van der Waals surface area (Å²) in [6, 6.07) is 8.41. The van der Waals surface area contributed by atoms with Crippen LogP contribution in [0.15, 0.2) is 53.6 Å². The van der Waals surface area contributed by atoms with E-state index >= 15 is 4.39 Å². The lowest BCUT2D eigenvalue weighted by molar-refractivity contribution is 0.0116. The van der Waals surface area contributed by atoms with Gasteiger partial charge in [0.15, 0.2) is 0 Å². The molecule has 0 unspecified atom stereocenters. The first-order chi connectivity index (χ1) is 16.7. The zero-order valence-electron chi connectivity index (χ0n) is 19.0. The number of carboxylic acid groups (broad SMARTS) is 1. The molecule has 1 saturated heterocycles. The van der Waals surface area contributed by atoms with Crippen LogP contribution < -0.4 is 10.3 Å². The molecule has 180 valence electrons. The van der Waals surface area contributed by atoms with Gasteiger partial charge in [-0.2, -0.15) is 0 Å². The lowest BCUT2D eigenvalue weighted by Crippen LogP contribution is -2.43. The number of aryl methyl sites for hydroxylation is 1. The van der Waals surface area contributed by atoms with E-state index in [1.54, 1.807) is 21.6 Å². The number of anilines is 1. The highest BCUT2D eigenvalue weighted by Gasteiger charge is 2.35. The van der Waals surface area contributed by atoms with Crippen molar-refractivity contribution in [2.45, 2.75) is 31.9 Å². The van der Waals surface area contributed by atoms with Gasteiger partial charge < -0.3 is 19.7 Å². The number of pyridine rings is 2. The largest absolute Gasteiger partial charge is 0.477 e. The fourth-order valence-corrected chi connectivity index (χ4v) is 4.95. The maximum atomic E-state index is 15.2. The Balaban J connectivity index is 1.61. The van der Waals surface area contributed by atoms with Crippen LogP contribution in [0.2, 0.25) is 0 Å². The number of aliphatic hydroxyl groups is 1. The van der Waals surface area contributed by atoms with Gasteiger partial charge in [-0.05, 0) is 49.6 Å². The van der Waals surface area contributed by atoms with Crippen molar-refractivity contribution in [3.05, 3.63) is 81.8 Å². The summed E-state index contributed by atoms with van der Waals surface area (Å²) in [6.45, 7) is 2.86. The molecule has 0 amide bonds. The minimum Gasteiger partial charge on any atom is -0.477 e. The number of fused-ring (bicyclic) bond motifs is 3. The second-order valence-electron chi connectivity index (χ2n) is 8.80. The standard InChI is InChI=1S/C26H23F2N3O4/c1-2-30-14-18(25(33)34)24(32)21-17-7-8-19(28)23(22(17)29-13-20(21)30)31-11-9-26(35,10-12-31)15-3-5-16(27)6-4-15/h3-8,13-14,35H,2,9-12H2,1H3,(H,33,34). The summed E-state index contributed by atoms with van der Waals surface area (Å²) in [7, 11) is 0. The van der Waals surface area contributed by atoms with Crippen LogP contribution in [0.5, 0.6) is 0 Å². The normalized spacial score (nSPS) is 15.6. The van der Waals surface area contributed by atoms with Crippen LogP contribution >= 0.6 is 0 Å². The zero-order valence-corrected chi connectivity index (χ0v) is 19.0. The topological polar surface area (TPSA) is 95.7 Å². The summed E-state index contributed by atoms with van der Waals surface area (Å²) in [5.74, 6) is -2.25. The molecular formula is C26H23F2N3O4. The number of carbonyl (C=O) groups is 1. The second kappa shape index (κ2) is 8.42. The van der Waals surface area contributed by atoms with Crippen molar-refractivity contribution in [2.75, 3.05) is 18.0 Å². The lowest BCUT2D eigenvalue weighted by Gasteiger charge is -2.40. The third-order valence-corrected chi connectivity index (χ3v) is 6.87. The third kappa shape index (κ3) is 3.72. The third-order valence-electron chi connectivity index (χ3n) is 6.87. The van der Waals surface area contributed by atoms with Crippen molar-refractivity contribution in [1.29, 1.82) is 0 Å². The first-order valence-electron chi connectivity index (χ1n) is 11.3. The van der Waals surface area contributed by atoms with Crippen LogP contribution in [0.3, 0.4) is 0 Å². The number of piperidine rings is 1. The van der Waals surface area contributed by atoms with Crippen molar-refractivity contribution in [3.8, 4) is 0 Å². The van der Waals surface area contributed by atoms with Crippen molar-refractivity contribution in [2.24, 2.45) is 0 Å². The summed E-state index contributed by atoms with van der Waals surface area (Å²) < 4.78 is 30.1. The summed E-state index contributed by atoms with van der Waals surface area (Å²) in [6.07, 6.45) is 3.34. The smallest absolute Gasteiger partial charge is 0.341 e. The van der Waals surface area contributed by atoms with Gasteiger partial charge in [-0.1, -0.05) is 12.1 Å². The molecule has 1 aliphatic rings. The van der Waals surface area contributed by atoms with Gasteiger partial charge in [-0.15, -0.1) is 0 Å². The van der Waals surface area contributed by atoms with Gasteiger partial charge >= 0.3 is 5.97 Å². The summed E-state index contributed by atoms with van der Waals surface area (Å²) >= 11 is 0. The number of nitrogens with zero attached hydrogens (tertiary/aromatic N) is 3.